The number of amides is 1. The first-order valence-electron chi connectivity index (χ1n) is 7.20. The van der Waals surface area contributed by atoms with E-state index < -0.39 is 0 Å². The van der Waals surface area contributed by atoms with E-state index in [1.807, 2.05) is 32.0 Å². The van der Waals surface area contributed by atoms with Crippen LogP contribution >= 0.6 is 0 Å². The normalized spacial score (nSPS) is 12.3. The zero-order valence-electron chi connectivity index (χ0n) is 12.4. The minimum Gasteiger partial charge on any atom is -0.353 e. The van der Waals surface area contributed by atoms with Gasteiger partial charge in [-0.1, -0.05) is 19.1 Å². The van der Waals surface area contributed by atoms with Gasteiger partial charge in [-0.25, -0.2) is 0 Å². The SMILES string of the molecule is CCN[C@H](C)CNC(=O)Cn1ccc(=O)c2ccccc21. The number of nitrogens with one attached hydrogen (secondary N) is 2. The number of nitrogens with zero attached hydrogens (tertiary/aromatic N) is 1. The number of fused-ring (bicyclic) bond motifs is 1. The summed E-state index contributed by atoms with van der Waals surface area (Å²) < 4.78 is 1.80. The zero-order valence-corrected chi connectivity index (χ0v) is 12.4. The van der Waals surface area contributed by atoms with Crippen molar-refractivity contribution in [3.63, 3.8) is 0 Å². The summed E-state index contributed by atoms with van der Waals surface area (Å²) in [6.07, 6.45) is 1.66. The van der Waals surface area contributed by atoms with Crippen LogP contribution in [0, 0.1) is 0 Å². The molecule has 21 heavy (non-hydrogen) atoms. The van der Waals surface area contributed by atoms with Gasteiger partial charge in [0.25, 0.3) is 0 Å². The molecule has 1 aromatic carbocycles. The highest BCUT2D eigenvalue weighted by molar-refractivity contribution is 5.82. The number of likely N-dealkylation sites (N-methyl/N-ethyl adjacent to an activating group) is 1. The fraction of sp³-hybridized carbons (Fsp3) is 0.375. The predicted octanol–water partition coefficient (Wildman–Crippen LogP) is 1.12. The summed E-state index contributed by atoms with van der Waals surface area (Å²) in [4.78, 5) is 23.8. The van der Waals surface area contributed by atoms with Crippen molar-refractivity contribution in [1.82, 2.24) is 15.2 Å². The standard InChI is InChI=1S/C16H21N3O2/c1-3-17-12(2)10-18-16(21)11-19-9-8-15(20)13-6-4-5-7-14(13)19/h4-9,12,17H,3,10-11H2,1-2H3,(H,18,21)/t12-/m1/s1. The lowest BCUT2D eigenvalue weighted by Crippen LogP contribution is -2.40. The molecule has 0 radical (unpaired) electrons. The van der Waals surface area contributed by atoms with Crippen LogP contribution in [0.1, 0.15) is 13.8 Å². The summed E-state index contributed by atoms with van der Waals surface area (Å²) in [5.74, 6) is -0.0615. The Labute approximate surface area is 124 Å². The fourth-order valence-electron chi connectivity index (χ4n) is 2.30. The Hall–Kier alpha value is -2.14. The molecule has 1 aromatic heterocycles. The van der Waals surface area contributed by atoms with Crippen LogP contribution in [0.15, 0.2) is 41.3 Å². The van der Waals surface area contributed by atoms with Crippen LogP contribution < -0.4 is 16.1 Å². The van der Waals surface area contributed by atoms with E-state index in [-0.39, 0.29) is 23.9 Å². The van der Waals surface area contributed by atoms with Crippen molar-refractivity contribution >= 4 is 16.8 Å². The highest BCUT2D eigenvalue weighted by Gasteiger charge is 2.07. The molecule has 0 spiro atoms. The molecule has 0 aliphatic rings. The number of hydrogen-bond acceptors (Lipinski definition) is 3. The minimum atomic E-state index is -0.0615. The number of benzene rings is 1. The van der Waals surface area contributed by atoms with E-state index in [9.17, 15) is 9.59 Å². The lowest BCUT2D eigenvalue weighted by atomic mass is 10.2. The van der Waals surface area contributed by atoms with Gasteiger partial charge in [-0.05, 0) is 25.6 Å². The highest BCUT2D eigenvalue weighted by Crippen LogP contribution is 2.08. The molecule has 0 fully saturated rings. The number of pyridine rings is 1. The van der Waals surface area contributed by atoms with Gasteiger partial charge in [0, 0.05) is 30.2 Å². The molecule has 5 heteroatoms. The number of carbonyl (C=O) groups excluding carboxylic acids is 1. The van der Waals surface area contributed by atoms with Crippen molar-refractivity contribution in [2.24, 2.45) is 0 Å². The Morgan fingerprint density at radius 2 is 2.05 bits per heavy atom. The second-order valence-electron chi connectivity index (χ2n) is 5.09. The molecular weight excluding hydrogens is 266 g/mol. The molecule has 0 aliphatic carbocycles. The van der Waals surface area contributed by atoms with Gasteiger partial charge in [-0.3, -0.25) is 9.59 Å². The molecular formula is C16H21N3O2. The van der Waals surface area contributed by atoms with Gasteiger partial charge in [0.1, 0.15) is 6.54 Å². The van der Waals surface area contributed by atoms with Gasteiger partial charge < -0.3 is 15.2 Å². The minimum absolute atomic E-state index is 0.0250. The number of carbonyl (C=O) groups is 1. The van der Waals surface area contributed by atoms with Gasteiger partial charge in [-0.2, -0.15) is 0 Å². The highest BCUT2D eigenvalue weighted by atomic mass is 16.2. The number of aromatic nitrogens is 1. The Morgan fingerprint density at radius 1 is 1.29 bits per heavy atom. The topological polar surface area (TPSA) is 63.1 Å². The van der Waals surface area contributed by atoms with E-state index in [1.165, 1.54) is 6.07 Å². The molecule has 5 nitrogen and oxygen atoms in total. The third kappa shape index (κ3) is 3.92. The van der Waals surface area contributed by atoms with Crippen molar-refractivity contribution in [1.29, 1.82) is 0 Å². The first kappa shape index (κ1) is 15.3. The van der Waals surface area contributed by atoms with Crippen molar-refractivity contribution in [3.05, 3.63) is 46.8 Å². The summed E-state index contributed by atoms with van der Waals surface area (Å²) >= 11 is 0. The number of rotatable bonds is 6. The van der Waals surface area contributed by atoms with E-state index in [0.29, 0.717) is 11.9 Å². The maximum absolute atomic E-state index is 12.0. The van der Waals surface area contributed by atoms with Crippen LogP contribution in [0.2, 0.25) is 0 Å². The molecule has 2 N–H and O–H groups in total. The molecule has 0 unspecified atom stereocenters. The van der Waals surface area contributed by atoms with E-state index in [2.05, 4.69) is 10.6 Å². The maximum Gasteiger partial charge on any atom is 0.239 e. The Kier molecular flexibility index (Phi) is 5.11. The molecule has 0 saturated heterocycles. The van der Waals surface area contributed by atoms with E-state index in [1.54, 1.807) is 16.8 Å². The molecule has 1 heterocycles. The molecule has 2 rings (SSSR count). The quantitative estimate of drug-likeness (QED) is 0.837. The lowest BCUT2D eigenvalue weighted by Gasteiger charge is -2.14. The smallest absolute Gasteiger partial charge is 0.239 e. The fourth-order valence-corrected chi connectivity index (χ4v) is 2.30. The van der Waals surface area contributed by atoms with Gasteiger partial charge in [0.2, 0.25) is 5.91 Å². The Morgan fingerprint density at radius 3 is 2.81 bits per heavy atom. The van der Waals surface area contributed by atoms with Gasteiger partial charge in [0.05, 0.1) is 5.52 Å². The average Bonchev–Trinajstić information content (AvgIpc) is 2.49. The van der Waals surface area contributed by atoms with E-state index >= 15 is 0 Å². The third-order valence-electron chi connectivity index (χ3n) is 3.36. The van der Waals surface area contributed by atoms with Gasteiger partial charge in [-0.15, -0.1) is 0 Å². The summed E-state index contributed by atoms with van der Waals surface area (Å²) in [6.45, 7) is 5.73. The second-order valence-corrected chi connectivity index (χ2v) is 5.09. The first-order valence-corrected chi connectivity index (χ1v) is 7.20. The molecule has 0 aliphatic heterocycles. The van der Waals surface area contributed by atoms with Crippen molar-refractivity contribution in [3.8, 4) is 0 Å². The summed E-state index contributed by atoms with van der Waals surface area (Å²) in [7, 11) is 0. The van der Waals surface area contributed by atoms with Crippen LogP contribution in [0.5, 0.6) is 0 Å². The first-order chi connectivity index (χ1) is 10.1. The largest absolute Gasteiger partial charge is 0.353 e. The van der Waals surface area contributed by atoms with E-state index in [0.717, 1.165) is 12.1 Å². The Bertz CT molecular complexity index is 679. The summed E-state index contributed by atoms with van der Waals surface area (Å²) in [6, 6.07) is 9.06. The third-order valence-corrected chi connectivity index (χ3v) is 3.36. The molecule has 1 atom stereocenters. The second kappa shape index (κ2) is 7.04. The van der Waals surface area contributed by atoms with Gasteiger partial charge >= 0.3 is 0 Å². The molecule has 1 amide bonds. The maximum atomic E-state index is 12.0. The predicted molar refractivity (Wildman–Crippen MR) is 84.4 cm³/mol. The van der Waals surface area contributed by atoms with Gasteiger partial charge in [0.15, 0.2) is 5.43 Å². The van der Waals surface area contributed by atoms with Crippen LogP contribution in [0.3, 0.4) is 0 Å². The molecule has 2 aromatic rings. The molecule has 0 bridgehead atoms. The molecule has 0 saturated carbocycles. The van der Waals surface area contributed by atoms with E-state index in [4.69, 9.17) is 0 Å². The number of hydrogen-bond donors (Lipinski definition) is 2. The van der Waals surface area contributed by atoms with Crippen molar-refractivity contribution in [2.75, 3.05) is 13.1 Å². The Balaban J connectivity index is 2.08. The zero-order chi connectivity index (χ0) is 15.2. The van der Waals surface area contributed by atoms with Crippen LogP contribution in [0.4, 0.5) is 0 Å². The molecule has 112 valence electrons. The van der Waals surface area contributed by atoms with Crippen molar-refractivity contribution in [2.45, 2.75) is 26.4 Å². The lowest BCUT2D eigenvalue weighted by molar-refractivity contribution is -0.121. The number of para-hydroxylation sites is 1. The monoisotopic (exact) mass is 287 g/mol. The average molecular weight is 287 g/mol. The van der Waals surface area contributed by atoms with Crippen molar-refractivity contribution < 1.29 is 4.79 Å². The summed E-state index contributed by atoms with van der Waals surface area (Å²) in [5, 5.41) is 6.77. The summed E-state index contributed by atoms with van der Waals surface area (Å²) in [5.41, 5.74) is 0.753. The van der Waals surface area contributed by atoms with Crippen LogP contribution in [-0.2, 0) is 11.3 Å². The van der Waals surface area contributed by atoms with Crippen LogP contribution in [0.25, 0.3) is 10.9 Å². The van der Waals surface area contributed by atoms with Crippen LogP contribution in [-0.4, -0.2) is 29.6 Å².